The molecule has 1 aromatic rings. The second-order valence-electron chi connectivity index (χ2n) is 6.37. The van der Waals surface area contributed by atoms with Crippen LogP contribution in [0.2, 0.25) is 0 Å². The van der Waals surface area contributed by atoms with Gasteiger partial charge in [0.1, 0.15) is 0 Å². The molecule has 5 nitrogen and oxygen atoms in total. The van der Waals surface area contributed by atoms with Gasteiger partial charge < -0.3 is 9.64 Å². The fourth-order valence-electron chi connectivity index (χ4n) is 3.27. The normalized spacial score (nSPS) is 20.7. The highest BCUT2D eigenvalue weighted by atomic mass is 32.1. The van der Waals surface area contributed by atoms with Crippen LogP contribution in [0.25, 0.3) is 0 Å². The second kappa shape index (κ2) is 7.55. The number of carbonyl (C=O) groups is 2. The molecule has 1 aromatic heterocycles. The molecule has 2 aliphatic heterocycles. The molecular weight excluding hydrogens is 312 g/mol. The maximum atomic E-state index is 12.5. The van der Waals surface area contributed by atoms with E-state index in [1.54, 1.807) is 12.1 Å². The lowest BCUT2D eigenvalue weighted by molar-refractivity contribution is 0.0243. The van der Waals surface area contributed by atoms with Crippen molar-refractivity contribution in [2.45, 2.75) is 19.8 Å². The summed E-state index contributed by atoms with van der Waals surface area (Å²) in [6.07, 6.45) is 2.13. The van der Waals surface area contributed by atoms with Crippen molar-refractivity contribution in [3.05, 3.63) is 21.9 Å². The molecule has 126 valence electrons. The van der Waals surface area contributed by atoms with Gasteiger partial charge in [0.25, 0.3) is 5.91 Å². The highest BCUT2D eigenvalue weighted by Crippen LogP contribution is 2.23. The Labute approximate surface area is 141 Å². The largest absolute Gasteiger partial charge is 0.379 e. The van der Waals surface area contributed by atoms with Gasteiger partial charge in [0.2, 0.25) is 0 Å². The monoisotopic (exact) mass is 336 g/mol. The quantitative estimate of drug-likeness (QED) is 0.791. The van der Waals surface area contributed by atoms with E-state index in [1.165, 1.54) is 18.3 Å². The number of amides is 1. The smallest absolute Gasteiger partial charge is 0.263 e. The Morgan fingerprint density at radius 2 is 1.78 bits per heavy atom. The standard InChI is InChI=1S/C17H24N2O3S/c1-13(20)15-2-3-16(23-15)17(21)19-6-4-14(5-7-19)12-18-8-10-22-11-9-18/h2-3,14H,4-12H2,1H3. The molecule has 1 amide bonds. The summed E-state index contributed by atoms with van der Waals surface area (Å²) in [5.74, 6) is 0.777. The molecule has 0 N–H and O–H groups in total. The molecule has 2 fully saturated rings. The summed E-state index contributed by atoms with van der Waals surface area (Å²) < 4.78 is 5.39. The van der Waals surface area contributed by atoms with Crippen molar-refractivity contribution < 1.29 is 14.3 Å². The van der Waals surface area contributed by atoms with E-state index in [0.717, 1.165) is 58.8 Å². The fourth-order valence-corrected chi connectivity index (χ4v) is 4.13. The van der Waals surface area contributed by atoms with Crippen LogP contribution < -0.4 is 0 Å². The van der Waals surface area contributed by atoms with Crippen molar-refractivity contribution in [2.75, 3.05) is 45.9 Å². The number of morpholine rings is 1. The first-order valence-corrected chi connectivity index (χ1v) is 9.15. The van der Waals surface area contributed by atoms with E-state index in [2.05, 4.69) is 4.90 Å². The summed E-state index contributed by atoms with van der Waals surface area (Å²) in [7, 11) is 0. The number of nitrogens with zero attached hydrogens (tertiary/aromatic N) is 2. The van der Waals surface area contributed by atoms with Gasteiger partial charge in [0.05, 0.1) is 23.0 Å². The minimum atomic E-state index is 0.0262. The first kappa shape index (κ1) is 16.6. The van der Waals surface area contributed by atoms with E-state index in [0.29, 0.717) is 15.7 Å². The predicted octanol–water partition coefficient (Wildman–Crippen LogP) is 2.14. The van der Waals surface area contributed by atoms with Gasteiger partial charge in [-0.2, -0.15) is 0 Å². The summed E-state index contributed by atoms with van der Waals surface area (Å²) >= 11 is 1.31. The van der Waals surface area contributed by atoms with Crippen LogP contribution in [0.4, 0.5) is 0 Å². The summed E-state index contributed by atoms with van der Waals surface area (Å²) in [6, 6.07) is 3.54. The van der Waals surface area contributed by atoms with Crippen molar-refractivity contribution in [1.82, 2.24) is 9.80 Å². The van der Waals surface area contributed by atoms with Crippen LogP contribution in [-0.2, 0) is 4.74 Å². The number of carbonyl (C=O) groups excluding carboxylic acids is 2. The number of ether oxygens (including phenoxy) is 1. The van der Waals surface area contributed by atoms with E-state index < -0.39 is 0 Å². The highest BCUT2D eigenvalue weighted by Gasteiger charge is 2.26. The van der Waals surface area contributed by atoms with Crippen LogP contribution in [0.1, 0.15) is 39.1 Å². The van der Waals surface area contributed by atoms with E-state index in [9.17, 15) is 9.59 Å². The third-order valence-corrected chi connectivity index (χ3v) is 5.86. The van der Waals surface area contributed by atoms with Crippen LogP contribution in [0.15, 0.2) is 12.1 Å². The van der Waals surface area contributed by atoms with Crippen molar-refractivity contribution in [1.29, 1.82) is 0 Å². The number of likely N-dealkylation sites (tertiary alicyclic amines) is 1. The first-order chi connectivity index (χ1) is 11.1. The molecule has 0 atom stereocenters. The molecular formula is C17H24N2O3S. The van der Waals surface area contributed by atoms with Crippen LogP contribution in [-0.4, -0.2) is 67.4 Å². The molecule has 0 aromatic carbocycles. The molecule has 2 saturated heterocycles. The topological polar surface area (TPSA) is 49.9 Å². The average molecular weight is 336 g/mol. The Morgan fingerprint density at radius 1 is 1.13 bits per heavy atom. The summed E-state index contributed by atoms with van der Waals surface area (Å²) in [5.41, 5.74) is 0. The molecule has 0 bridgehead atoms. The van der Waals surface area contributed by atoms with E-state index in [-0.39, 0.29) is 11.7 Å². The second-order valence-corrected chi connectivity index (χ2v) is 7.45. The van der Waals surface area contributed by atoms with Crippen molar-refractivity contribution >= 4 is 23.0 Å². The highest BCUT2D eigenvalue weighted by molar-refractivity contribution is 7.15. The molecule has 23 heavy (non-hydrogen) atoms. The minimum absolute atomic E-state index is 0.0262. The van der Waals surface area contributed by atoms with Crippen molar-refractivity contribution in [2.24, 2.45) is 5.92 Å². The Balaban J connectivity index is 1.49. The zero-order valence-corrected chi connectivity index (χ0v) is 14.4. The molecule has 6 heteroatoms. The van der Waals surface area contributed by atoms with Crippen molar-refractivity contribution in [3.8, 4) is 0 Å². The van der Waals surface area contributed by atoms with E-state index in [1.807, 2.05) is 4.90 Å². The maximum absolute atomic E-state index is 12.5. The summed E-state index contributed by atoms with van der Waals surface area (Å²) in [6.45, 7) is 8.05. The van der Waals surface area contributed by atoms with Gasteiger partial charge in [-0.15, -0.1) is 11.3 Å². The van der Waals surface area contributed by atoms with Crippen LogP contribution >= 0.6 is 11.3 Å². The number of thiophene rings is 1. The number of piperidine rings is 1. The molecule has 0 saturated carbocycles. The Morgan fingerprint density at radius 3 is 2.39 bits per heavy atom. The number of Topliss-reactive ketones (excluding diaryl/α,β-unsaturated/α-hetero) is 1. The van der Waals surface area contributed by atoms with Gasteiger partial charge in [-0.25, -0.2) is 0 Å². The number of hydrogen-bond acceptors (Lipinski definition) is 5. The van der Waals surface area contributed by atoms with Gasteiger partial charge in [0.15, 0.2) is 5.78 Å². The summed E-state index contributed by atoms with van der Waals surface area (Å²) in [4.78, 5) is 29.6. The third kappa shape index (κ3) is 4.19. The average Bonchev–Trinajstić information content (AvgIpc) is 3.06. The van der Waals surface area contributed by atoms with Gasteiger partial charge in [-0.3, -0.25) is 14.5 Å². The molecule has 0 spiro atoms. The molecule has 0 unspecified atom stereocenters. The minimum Gasteiger partial charge on any atom is -0.379 e. The fraction of sp³-hybridized carbons (Fsp3) is 0.647. The Kier molecular flexibility index (Phi) is 5.46. The number of rotatable bonds is 4. The molecule has 0 radical (unpaired) electrons. The van der Waals surface area contributed by atoms with Crippen LogP contribution in [0.3, 0.4) is 0 Å². The zero-order chi connectivity index (χ0) is 16.2. The predicted molar refractivity (Wildman–Crippen MR) is 90.2 cm³/mol. The molecule has 3 heterocycles. The van der Waals surface area contributed by atoms with Gasteiger partial charge in [-0.1, -0.05) is 0 Å². The maximum Gasteiger partial charge on any atom is 0.263 e. The number of hydrogen-bond donors (Lipinski definition) is 0. The van der Waals surface area contributed by atoms with Gasteiger partial charge in [-0.05, 0) is 37.8 Å². The number of ketones is 1. The lowest BCUT2D eigenvalue weighted by Crippen LogP contribution is -2.44. The SMILES string of the molecule is CC(=O)c1ccc(C(=O)N2CCC(CN3CCOCC3)CC2)s1. The van der Waals surface area contributed by atoms with Gasteiger partial charge in [0, 0.05) is 32.7 Å². The lowest BCUT2D eigenvalue weighted by Gasteiger charge is -2.35. The summed E-state index contributed by atoms with van der Waals surface area (Å²) in [5, 5.41) is 0. The van der Waals surface area contributed by atoms with E-state index in [4.69, 9.17) is 4.74 Å². The Bertz CT molecular complexity index is 558. The van der Waals surface area contributed by atoms with Crippen molar-refractivity contribution in [3.63, 3.8) is 0 Å². The molecule has 0 aliphatic carbocycles. The third-order valence-electron chi connectivity index (χ3n) is 4.69. The van der Waals surface area contributed by atoms with E-state index >= 15 is 0 Å². The van der Waals surface area contributed by atoms with Crippen LogP contribution in [0, 0.1) is 5.92 Å². The Hall–Kier alpha value is -1.24. The zero-order valence-electron chi connectivity index (χ0n) is 13.6. The molecule has 3 rings (SSSR count). The lowest BCUT2D eigenvalue weighted by atomic mass is 9.96. The molecule has 2 aliphatic rings. The first-order valence-electron chi connectivity index (χ1n) is 8.33. The van der Waals surface area contributed by atoms with Gasteiger partial charge >= 0.3 is 0 Å². The van der Waals surface area contributed by atoms with Crippen LogP contribution in [0.5, 0.6) is 0 Å².